The second-order valence-electron chi connectivity index (χ2n) is 2.62. The average Bonchev–Trinajstić information content (AvgIpc) is 2.37. The summed E-state index contributed by atoms with van der Waals surface area (Å²) in [6.07, 6.45) is 0. The van der Waals surface area contributed by atoms with Crippen LogP contribution < -0.4 is 5.73 Å². The fourth-order valence-corrected chi connectivity index (χ4v) is 3.42. The first-order valence-corrected chi connectivity index (χ1v) is 5.07. The molecule has 2 heterocycles. The van der Waals surface area contributed by atoms with Gasteiger partial charge in [0.1, 0.15) is 0 Å². The largest absolute Gasteiger partial charge is 0.397 e. The van der Waals surface area contributed by atoms with Crippen molar-refractivity contribution in [2.75, 3.05) is 5.73 Å². The SMILES string of the molecule is Cc1cc2sc(C)c(N)c2s1. The second-order valence-corrected chi connectivity index (χ2v) is 5.13. The van der Waals surface area contributed by atoms with Crippen molar-refractivity contribution in [2.24, 2.45) is 0 Å². The van der Waals surface area contributed by atoms with Gasteiger partial charge in [0.05, 0.1) is 10.4 Å². The molecule has 0 aliphatic heterocycles. The molecule has 3 heteroatoms. The number of hydrogen-bond donors (Lipinski definition) is 1. The lowest BCUT2D eigenvalue weighted by molar-refractivity contribution is 1.64. The first kappa shape index (κ1) is 7.13. The highest BCUT2D eigenvalue weighted by molar-refractivity contribution is 7.28. The molecule has 0 aromatic carbocycles. The minimum atomic E-state index is 0.975. The van der Waals surface area contributed by atoms with Gasteiger partial charge < -0.3 is 5.73 Å². The average molecular weight is 183 g/mol. The summed E-state index contributed by atoms with van der Waals surface area (Å²) in [5.41, 5.74) is 6.85. The van der Waals surface area contributed by atoms with Gasteiger partial charge in [0, 0.05) is 14.5 Å². The standard InChI is InChI=1S/C8H9NS2/c1-4-3-6-8(10-4)7(9)5(2)11-6/h3H,9H2,1-2H3. The minimum Gasteiger partial charge on any atom is -0.397 e. The third-order valence-electron chi connectivity index (χ3n) is 1.71. The fourth-order valence-electron chi connectivity index (χ4n) is 1.13. The van der Waals surface area contributed by atoms with Gasteiger partial charge in [-0.25, -0.2) is 0 Å². The van der Waals surface area contributed by atoms with E-state index < -0.39 is 0 Å². The Morgan fingerprint density at radius 1 is 1.27 bits per heavy atom. The van der Waals surface area contributed by atoms with Crippen molar-refractivity contribution in [3.8, 4) is 0 Å². The van der Waals surface area contributed by atoms with Crippen molar-refractivity contribution in [3.05, 3.63) is 15.8 Å². The molecule has 2 aromatic rings. The van der Waals surface area contributed by atoms with E-state index in [0.29, 0.717) is 0 Å². The minimum absolute atomic E-state index is 0.975. The summed E-state index contributed by atoms with van der Waals surface area (Å²) >= 11 is 3.57. The maximum atomic E-state index is 5.87. The zero-order valence-corrected chi connectivity index (χ0v) is 8.10. The Bertz CT molecular complexity index is 397. The Labute approximate surface area is 73.5 Å². The molecule has 0 bridgehead atoms. The molecule has 11 heavy (non-hydrogen) atoms. The Balaban J connectivity index is 2.88. The van der Waals surface area contributed by atoms with E-state index in [9.17, 15) is 0 Å². The van der Waals surface area contributed by atoms with Crippen molar-refractivity contribution in [1.82, 2.24) is 0 Å². The number of nitrogen functional groups attached to an aromatic ring is 1. The summed E-state index contributed by atoms with van der Waals surface area (Å²) in [4.78, 5) is 2.59. The van der Waals surface area contributed by atoms with Crippen molar-refractivity contribution < 1.29 is 0 Å². The third kappa shape index (κ3) is 0.957. The fraction of sp³-hybridized carbons (Fsp3) is 0.250. The van der Waals surface area contributed by atoms with Crippen LogP contribution in [0.3, 0.4) is 0 Å². The van der Waals surface area contributed by atoms with Crippen LogP contribution in [-0.4, -0.2) is 0 Å². The van der Waals surface area contributed by atoms with Gasteiger partial charge in [-0.15, -0.1) is 22.7 Å². The molecule has 0 saturated heterocycles. The number of nitrogens with two attached hydrogens (primary N) is 1. The van der Waals surface area contributed by atoms with E-state index in [1.165, 1.54) is 19.2 Å². The number of hydrogen-bond acceptors (Lipinski definition) is 3. The van der Waals surface area contributed by atoms with Crippen molar-refractivity contribution in [1.29, 1.82) is 0 Å². The molecule has 0 saturated carbocycles. The van der Waals surface area contributed by atoms with E-state index in [-0.39, 0.29) is 0 Å². The summed E-state index contributed by atoms with van der Waals surface area (Å²) in [5, 5.41) is 0. The van der Waals surface area contributed by atoms with Crippen LogP contribution in [0, 0.1) is 13.8 Å². The molecule has 0 radical (unpaired) electrons. The lowest BCUT2D eigenvalue weighted by Gasteiger charge is -1.85. The third-order valence-corrected chi connectivity index (χ3v) is 3.99. The van der Waals surface area contributed by atoms with E-state index in [2.05, 4.69) is 19.9 Å². The first-order valence-electron chi connectivity index (χ1n) is 3.43. The monoisotopic (exact) mass is 183 g/mol. The number of aryl methyl sites for hydroxylation is 2. The number of thiophene rings is 2. The Kier molecular flexibility index (Phi) is 1.44. The molecule has 0 spiro atoms. The number of rotatable bonds is 0. The number of fused-ring (bicyclic) bond motifs is 1. The highest BCUT2D eigenvalue weighted by Gasteiger charge is 2.07. The molecular formula is C8H9NS2. The van der Waals surface area contributed by atoms with Gasteiger partial charge >= 0.3 is 0 Å². The van der Waals surface area contributed by atoms with E-state index in [1.807, 2.05) is 0 Å². The lowest BCUT2D eigenvalue weighted by Crippen LogP contribution is -1.81. The second kappa shape index (κ2) is 2.22. The van der Waals surface area contributed by atoms with Gasteiger partial charge in [-0.3, -0.25) is 0 Å². The van der Waals surface area contributed by atoms with E-state index in [1.54, 1.807) is 22.7 Å². The molecular weight excluding hydrogens is 174 g/mol. The quantitative estimate of drug-likeness (QED) is 0.667. The normalized spacial score (nSPS) is 11.1. The van der Waals surface area contributed by atoms with Crippen molar-refractivity contribution >= 4 is 37.8 Å². The van der Waals surface area contributed by atoms with Gasteiger partial charge in [0.2, 0.25) is 0 Å². The lowest BCUT2D eigenvalue weighted by atomic mass is 10.4. The van der Waals surface area contributed by atoms with Crippen LogP contribution in [-0.2, 0) is 0 Å². The molecule has 0 aliphatic rings. The van der Waals surface area contributed by atoms with Gasteiger partial charge in [-0.05, 0) is 19.9 Å². The summed E-state index contributed by atoms with van der Waals surface area (Å²) in [5.74, 6) is 0. The van der Waals surface area contributed by atoms with E-state index in [4.69, 9.17) is 5.73 Å². The van der Waals surface area contributed by atoms with E-state index >= 15 is 0 Å². The zero-order valence-electron chi connectivity index (χ0n) is 6.47. The van der Waals surface area contributed by atoms with Crippen LogP contribution in [0.5, 0.6) is 0 Å². The van der Waals surface area contributed by atoms with Crippen LogP contribution in [0.25, 0.3) is 9.40 Å². The predicted octanol–water partition coefficient (Wildman–Crippen LogP) is 3.16. The Morgan fingerprint density at radius 2 is 2.00 bits per heavy atom. The van der Waals surface area contributed by atoms with Gasteiger partial charge in [0.25, 0.3) is 0 Å². The molecule has 2 aromatic heterocycles. The molecule has 0 atom stereocenters. The van der Waals surface area contributed by atoms with Gasteiger partial charge in [-0.1, -0.05) is 0 Å². The highest BCUT2D eigenvalue weighted by Crippen LogP contribution is 2.38. The summed E-state index contributed by atoms with van der Waals surface area (Å²) in [7, 11) is 0. The first-order chi connectivity index (χ1) is 5.18. The molecule has 1 nitrogen and oxygen atoms in total. The smallest absolute Gasteiger partial charge is 0.0685 e. The molecule has 2 N–H and O–H groups in total. The predicted molar refractivity (Wildman–Crippen MR) is 53.6 cm³/mol. The van der Waals surface area contributed by atoms with Crippen molar-refractivity contribution in [2.45, 2.75) is 13.8 Å². The van der Waals surface area contributed by atoms with Crippen molar-refractivity contribution in [3.63, 3.8) is 0 Å². The maximum absolute atomic E-state index is 5.87. The van der Waals surface area contributed by atoms with Gasteiger partial charge in [-0.2, -0.15) is 0 Å². The van der Waals surface area contributed by atoms with Crippen LogP contribution in [0.4, 0.5) is 5.69 Å². The topological polar surface area (TPSA) is 26.0 Å². The van der Waals surface area contributed by atoms with Crippen LogP contribution >= 0.6 is 22.7 Å². The Morgan fingerprint density at radius 3 is 2.64 bits per heavy atom. The molecule has 0 amide bonds. The van der Waals surface area contributed by atoms with E-state index in [0.717, 1.165) is 5.69 Å². The highest BCUT2D eigenvalue weighted by atomic mass is 32.1. The molecule has 0 unspecified atom stereocenters. The molecule has 0 fully saturated rings. The molecule has 2 rings (SSSR count). The van der Waals surface area contributed by atoms with Crippen LogP contribution in [0.15, 0.2) is 6.07 Å². The molecule has 0 aliphatic carbocycles. The summed E-state index contributed by atoms with van der Waals surface area (Å²) in [6, 6.07) is 2.20. The van der Waals surface area contributed by atoms with Crippen LogP contribution in [0.2, 0.25) is 0 Å². The molecule has 58 valence electrons. The summed E-state index contributed by atoms with van der Waals surface area (Å²) in [6.45, 7) is 4.19. The van der Waals surface area contributed by atoms with Crippen LogP contribution in [0.1, 0.15) is 9.75 Å². The Hall–Kier alpha value is -0.540. The number of anilines is 1. The summed E-state index contributed by atoms with van der Waals surface area (Å²) < 4.78 is 2.60. The maximum Gasteiger partial charge on any atom is 0.0685 e. The van der Waals surface area contributed by atoms with Gasteiger partial charge in [0.15, 0.2) is 0 Å². The zero-order chi connectivity index (χ0) is 8.01.